The summed E-state index contributed by atoms with van der Waals surface area (Å²) in [5.74, 6) is -0.637. The molecule has 0 radical (unpaired) electrons. The Morgan fingerprint density at radius 3 is 2.29 bits per heavy atom. The van der Waals surface area contributed by atoms with Crippen LogP contribution in [0.1, 0.15) is 130 Å². The maximum atomic E-state index is 17.4. The molecule has 20 heteroatoms. The molecule has 1 aliphatic carbocycles. The molecule has 0 spiro atoms. The first kappa shape index (κ1) is 60.6. The lowest BCUT2D eigenvalue weighted by molar-refractivity contribution is -0.147. The first-order valence-corrected chi connectivity index (χ1v) is 31.6. The molecule has 2 bridgehead atoms. The van der Waals surface area contributed by atoms with Gasteiger partial charge in [-0.3, -0.25) is 29.2 Å². The quantitative estimate of drug-likeness (QED) is 0.0778. The van der Waals surface area contributed by atoms with Crippen LogP contribution in [0.3, 0.4) is 0 Å². The summed E-state index contributed by atoms with van der Waals surface area (Å²) < 4.78 is 36.1. The van der Waals surface area contributed by atoms with Crippen molar-refractivity contribution in [3.63, 3.8) is 0 Å². The third-order valence-electron chi connectivity index (χ3n) is 18.0. The predicted molar refractivity (Wildman–Crippen MR) is 330 cm³/mol. The number of thiazole rings is 1. The Balaban J connectivity index is 0.716. The lowest BCUT2D eigenvalue weighted by Gasteiger charge is -2.42. The molecule has 458 valence electrons. The van der Waals surface area contributed by atoms with Gasteiger partial charge >= 0.3 is 12.1 Å². The lowest BCUT2D eigenvalue weighted by Crippen LogP contribution is -2.59. The smallest absolute Gasteiger partial charge is 0.410 e. The second-order valence-electron chi connectivity index (χ2n) is 26.7. The number of anilines is 1. The van der Waals surface area contributed by atoms with Crippen LogP contribution in [0.25, 0.3) is 43.4 Å². The number of aryl methyl sites for hydroxylation is 2. The molecule has 5 aliphatic rings. The number of piperazine rings is 1. The number of benzene rings is 3. The summed E-state index contributed by atoms with van der Waals surface area (Å²) in [6.07, 6.45) is 6.87. The summed E-state index contributed by atoms with van der Waals surface area (Å²) in [6.45, 7) is 23.5. The molecule has 4 amide bonds. The first-order valence-electron chi connectivity index (χ1n) is 30.8. The van der Waals surface area contributed by atoms with Gasteiger partial charge in [-0.15, -0.1) is 11.3 Å². The van der Waals surface area contributed by atoms with Crippen molar-refractivity contribution in [3.8, 4) is 33.5 Å². The Labute approximate surface area is 507 Å². The van der Waals surface area contributed by atoms with Crippen LogP contribution in [-0.4, -0.2) is 151 Å². The highest BCUT2D eigenvalue weighted by Crippen LogP contribution is 2.43. The van der Waals surface area contributed by atoms with Crippen molar-refractivity contribution >= 4 is 62.6 Å². The van der Waals surface area contributed by atoms with Gasteiger partial charge in [0.1, 0.15) is 52.7 Å². The van der Waals surface area contributed by atoms with Crippen LogP contribution in [0.5, 0.6) is 11.8 Å². The highest BCUT2D eigenvalue weighted by Gasteiger charge is 2.54. The van der Waals surface area contributed by atoms with E-state index in [0.29, 0.717) is 75.2 Å². The van der Waals surface area contributed by atoms with E-state index >= 15 is 4.39 Å². The van der Waals surface area contributed by atoms with E-state index in [1.807, 2.05) is 122 Å². The van der Waals surface area contributed by atoms with Crippen molar-refractivity contribution in [3.05, 3.63) is 88.9 Å². The number of nitrogens with zero attached hydrogens (tertiary/aromatic N) is 8. The van der Waals surface area contributed by atoms with Crippen LogP contribution in [0.15, 0.2) is 66.3 Å². The molecule has 3 aromatic carbocycles. The summed E-state index contributed by atoms with van der Waals surface area (Å²) in [7, 11) is 0. The van der Waals surface area contributed by atoms with Crippen LogP contribution in [0.4, 0.5) is 15.0 Å². The van der Waals surface area contributed by atoms with Gasteiger partial charge in [0.25, 0.3) is 5.91 Å². The number of ether oxygens (including phenoxy) is 3. The number of phenols is 1. The molecule has 5 fully saturated rings. The van der Waals surface area contributed by atoms with Crippen LogP contribution < -0.4 is 20.3 Å². The maximum absolute atomic E-state index is 17.4. The number of hydrogen-bond donors (Lipinski definition) is 3. The van der Waals surface area contributed by atoms with Crippen LogP contribution in [-0.2, 0) is 30.3 Å². The van der Waals surface area contributed by atoms with Crippen molar-refractivity contribution in [1.82, 2.24) is 45.3 Å². The number of likely N-dealkylation sites (tertiary alicyclic amines) is 2. The number of piperidine rings is 1. The molecule has 86 heavy (non-hydrogen) atoms. The molecule has 18 nitrogen and oxygen atoms in total. The molecular weight excluding hydrogens is 1110 g/mol. The summed E-state index contributed by atoms with van der Waals surface area (Å²) in [4.78, 5) is 84.2. The summed E-state index contributed by atoms with van der Waals surface area (Å²) in [5, 5.41) is 19.2. The number of amides is 4. The average Bonchev–Trinajstić information content (AvgIpc) is 1.09. The molecule has 4 aliphatic heterocycles. The van der Waals surface area contributed by atoms with Crippen LogP contribution >= 0.6 is 11.3 Å². The third kappa shape index (κ3) is 12.7. The molecule has 4 saturated heterocycles. The monoisotopic (exact) mass is 1190 g/mol. The van der Waals surface area contributed by atoms with Gasteiger partial charge in [0, 0.05) is 37.9 Å². The summed E-state index contributed by atoms with van der Waals surface area (Å²) >= 11 is 1.60. The number of aromatic nitrogens is 4. The number of carbonyl (C=O) groups excluding carboxylic acids is 4. The number of phenolic OH excluding ortho intramolecular Hbond substituents is 1. The predicted octanol–water partition coefficient (Wildman–Crippen LogP) is 10.6. The number of nitrogens with one attached hydrogen (secondary N) is 2. The lowest BCUT2D eigenvalue weighted by atomic mass is 9.85. The Morgan fingerprint density at radius 1 is 0.919 bits per heavy atom. The largest absolute Gasteiger partial charge is 0.508 e. The molecule has 3 N–H and O–H groups in total. The van der Waals surface area contributed by atoms with E-state index in [1.54, 1.807) is 34.6 Å². The van der Waals surface area contributed by atoms with E-state index in [0.717, 1.165) is 76.8 Å². The van der Waals surface area contributed by atoms with E-state index in [1.165, 1.54) is 0 Å². The van der Waals surface area contributed by atoms with Gasteiger partial charge in [0.2, 0.25) is 11.8 Å². The standard InChI is InChI=1S/C66H83FN10O8S/c1-11-42-13-12-14-45-30-48(78)31-49(52(42)45)54-53(67)55-50(32-68-54)58(75-34-46-19-20-47(35-75)77(46)63(82)85-65(8,9)10)73-62(71-55)83-28-27-74-25-21-41(22-26-74)36-84-66(23-24-66)61(81)72-57(64(5,6)7)60(80)76-33-38(2)29-51(76)59(79)70-39(3)43-15-17-44(18-16-43)56-40(4)69-37-86-56/h12-18,30-32,37-39,41,46-47,51,57,78H,11,19-29,33-36H2,1-10H3,(H,70,79)(H,72,81). The van der Waals surface area contributed by atoms with Crippen molar-refractivity contribution < 1.29 is 42.9 Å². The van der Waals surface area contributed by atoms with Gasteiger partial charge in [-0.2, -0.15) is 9.97 Å². The van der Waals surface area contributed by atoms with Crippen LogP contribution in [0.2, 0.25) is 0 Å². The maximum Gasteiger partial charge on any atom is 0.410 e. The number of fused-ring (bicyclic) bond motifs is 4. The van der Waals surface area contributed by atoms with Crippen molar-refractivity contribution in [2.24, 2.45) is 17.3 Å². The Kier molecular flexibility index (Phi) is 17.1. The number of carbonyl (C=O) groups is 4. The van der Waals surface area contributed by atoms with Crippen molar-refractivity contribution in [2.45, 2.75) is 162 Å². The molecular formula is C66H83FN10O8S. The van der Waals surface area contributed by atoms with E-state index in [9.17, 15) is 24.3 Å². The Morgan fingerprint density at radius 2 is 1.64 bits per heavy atom. The molecule has 1 saturated carbocycles. The number of halogens is 1. The molecule has 7 heterocycles. The zero-order chi connectivity index (χ0) is 61.0. The van der Waals surface area contributed by atoms with E-state index in [2.05, 4.69) is 25.4 Å². The fourth-order valence-electron chi connectivity index (χ4n) is 13.2. The number of rotatable bonds is 17. The zero-order valence-electron chi connectivity index (χ0n) is 51.4. The van der Waals surface area contributed by atoms with E-state index in [-0.39, 0.29) is 83.4 Å². The molecule has 11 rings (SSSR count). The average molecular weight is 1200 g/mol. The summed E-state index contributed by atoms with van der Waals surface area (Å²) in [6, 6.07) is 15.1. The number of hydrogen-bond acceptors (Lipinski definition) is 15. The van der Waals surface area contributed by atoms with E-state index in [4.69, 9.17) is 29.2 Å². The minimum Gasteiger partial charge on any atom is -0.508 e. The SMILES string of the molecule is CCc1cccc2cc(O)cc(-c3ncc4c(N5CC6CCC(C5)N6C(=O)OC(C)(C)C)nc(OCCN5CCC(COC6(C(=O)NC(C(=O)N7CC(C)CC7C(=O)NC(C)c7ccc(-c8scnc8C)cc7)C(C)(C)C)CC6)CC5)nc4c3F)c12. The fourth-order valence-corrected chi connectivity index (χ4v) is 14.0. The Hall–Kier alpha value is -7.03. The minimum atomic E-state index is -1.01. The highest BCUT2D eigenvalue weighted by atomic mass is 32.1. The van der Waals surface area contributed by atoms with Gasteiger partial charge < -0.3 is 39.8 Å². The van der Waals surface area contributed by atoms with Gasteiger partial charge in [-0.25, -0.2) is 14.2 Å². The second kappa shape index (κ2) is 24.3. The van der Waals surface area contributed by atoms with Gasteiger partial charge in [-0.05, 0) is 156 Å². The highest BCUT2D eigenvalue weighted by molar-refractivity contribution is 7.13. The zero-order valence-corrected chi connectivity index (χ0v) is 52.2. The van der Waals surface area contributed by atoms with E-state index < -0.39 is 34.5 Å². The molecule has 6 unspecified atom stereocenters. The molecule has 3 aromatic heterocycles. The normalized spacial score (nSPS) is 21.4. The second-order valence-corrected chi connectivity index (χ2v) is 27.6. The van der Waals surface area contributed by atoms with Crippen molar-refractivity contribution in [2.75, 3.05) is 57.4 Å². The van der Waals surface area contributed by atoms with Gasteiger partial charge in [0.05, 0.1) is 46.2 Å². The third-order valence-corrected chi connectivity index (χ3v) is 19.0. The molecule has 6 atom stereocenters. The Bertz CT molecular complexity index is 3500. The minimum absolute atomic E-state index is 0.00298. The van der Waals surface area contributed by atoms with Gasteiger partial charge in [0.15, 0.2) is 5.82 Å². The van der Waals surface area contributed by atoms with Gasteiger partial charge in [-0.1, -0.05) is 77.1 Å². The fraction of sp³-hybridized carbons (Fsp3) is 0.545. The number of aromatic hydroxyl groups is 1. The number of pyridine rings is 1. The first-order chi connectivity index (χ1) is 41.0. The van der Waals surface area contributed by atoms with Crippen LogP contribution in [0, 0.1) is 30.0 Å². The summed E-state index contributed by atoms with van der Waals surface area (Å²) in [5.41, 5.74) is 4.11. The molecule has 6 aromatic rings. The topological polar surface area (TPSA) is 205 Å². The van der Waals surface area contributed by atoms with Crippen molar-refractivity contribution in [1.29, 1.82) is 0 Å².